The van der Waals surface area contributed by atoms with Gasteiger partial charge >= 0.3 is 6.18 Å². The maximum atomic E-state index is 13.2. The standard InChI is InChI=1S/C15H19F3N2O/c1-11-10-19-7-8-20(11)14(21)9-13(15(16,17)18)12-5-3-2-4-6-12/h2-6,11,13,19H,7-10H2,1H3/t11-,13?/m0/s1. The predicted octanol–water partition coefficient (Wildman–Crippen LogP) is 2.54. The molecule has 6 heteroatoms. The van der Waals surface area contributed by atoms with Crippen molar-refractivity contribution in [2.24, 2.45) is 0 Å². The molecule has 2 atom stereocenters. The molecule has 0 spiro atoms. The summed E-state index contributed by atoms with van der Waals surface area (Å²) in [6.07, 6.45) is -4.95. The molecule has 1 aliphatic heterocycles. The summed E-state index contributed by atoms with van der Waals surface area (Å²) in [6.45, 7) is 3.54. The number of piperazine rings is 1. The molecule has 0 aliphatic carbocycles. The number of hydrogen-bond donors (Lipinski definition) is 1. The van der Waals surface area contributed by atoms with E-state index >= 15 is 0 Å². The molecule has 1 aromatic carbocycles. The molecule has 1 amide bonds. The third kappa shape index (κ3) is 3.97. The number of nitrogens with zero attached hydrogens (tertiary/aromatic N) is 1. The van der Waals surface area contributed by atoms with Crippen LogP contribution in [-0.4, -0.2) is 42.7 Å². The number of alkyl halides is 3. The van der Waals surface area contributed by atoms with Crippen molar-refractivity contribution in [3.8, 4) is 0 Å². The second-order valence-corrected chi connectivity index (χ2v) is 5.35. The van der Waals surface area contributed by atoms with E-state index in [2.05, 4.69) is 5.32 Å². The summed E-state index contributed by atoms with van der Waals surface area (Å²) in [7, 11) is 0. The maximum absolute atomic E-state index is 13.2. The molecule has 0 radical (unpaired) electrons. The fraction of sp³-hybridized carbons (Fsp3) is 0.533. The van der Waals surface area contributed by atoms with Crippen LogP contribution in [0.5, 0.6) is 0 Å². The number of benzene rings is 1. The van der Waals surface area contributed by atoms with Crippen LogP contribution in [0.2, 0.25) is 0 Å². The van der Waals surface area contributed by atoms with Crippen LogP contribution < -0.4 is 5.32 Å². The maximum Gasteiger partial charge on any atom is 0.396 e. The summed E-state index contributed by atoms with van der Waals surface area (Å²) in [4.78, 5) is 13.8. The summed E-state index contributed by atoms with van der Waals surface area (Å²) >= 11 is 0. The SMILES string of the molecule is C[C@H]1CNCCN1C(=O)CC(c1ccccc1)C(F)(F)F. The van der Waals surface area contributed by atoms with E-state index in [1.807, 2.05) is 6.92 Å². The summed E-state index contributed by atoms with van der Waals surface area (Å²) in [6, 6.07) is 7.56. The molecular formula is C15H19F3N2O. The van der Waals surface area contributed by atoms with Gasteiger partial charge in [-0.05, 0) is 12.5 Å². The molecule has 1 N–H and O–H groups in total. The van der Waals surface area contributed by atoms with E-state index in [9.17, 15) is 18.0 Å². The molecule has 21 heavy (non-hydrogen) atoms. The smallest absolute Gasteiger partial charge is 0.337 e. The highest BCUT2D eigenvalue weighted by atomic mass is 19.4. The average Bonchev–Trinajstić information content (AvgIpc) is 2.44. The lowest BCUT2D eigenvalue weighted by molar-refractivity contribution is -0.161. The van der Waals surface area contributed by atoms with Crippen molar-refractivity contribution in [2.45, 2.75) is 31.5 Å². The highest BCUT2D eigenvalue weighted by molar-refractivity contribution is 5.77. The van der Waals surface area contributed by atoms with E-state index in [1.54, 1.807) is 18.2 Å². The van der Waals surface area contributed by atoms with Crippen molar-refractivity contribution in [3.63, 3.8) is 0 Å². The van der Waals surface area contributed by atoms with E-state index in [0.29, 0.717) is 19.6 Å². The molecule has 1 fully saturated rings. The first-order valence-electron chi connectivity index (χ1n) is 7.01. The van der Waals surface area contributed by atoms with Gasteiger partial charge in [0.25, 0.3) is 0 Å². The van der Waals surface area contributed by atoms with Crippen LogP contribution in [0.4, 0.5) is 13.2 Å². The molecule has 0 bridgehead atoms. The average molecular weight is 300 g/mol. The number of halogens is 3. The lowest BCUT2D eigenvalue weighted by Gasteiger charge is -2.35. The van der Waals surface area contributed by atoms with Crippen molar-refractivity contribution in [1.82, 2.24) is 10.2 Å². The van der Waals surface area contributed by atoms with E-state index in [0.717, 1.165) is 0 Å². The molecular weight excluding hydrogens is 281 g/mol. The second kappa shape index (κ2) is 6.47. The quantitative estimate of drug-likeness (QED) is 0.930. The third-order valence-electron chi connectivity index (χ3n) is 3.80. The van der Waals surface area contributed by atoms with E-state index in [4.69, 9.17) is 0 Å². The minimum Gasteiger partial charge on any atom is -0.337 e. The Balaban J connectivity index is 2.14. The highest BCUT2D eigenvalue weighted by Gasteiger charge is 2.42. The molecule has 1 unspecified atom stereocenters. The molecule has 3 nitrogen and oxygen atoms in total. The van der Waals surface area contributed by atoms with E-state index in [1.165, 1.54) is 17.0 Å². The van der Waals surface area contributed by atoms with Crippen LogP contribution in [0.15, 0.2) is 30.3 Å². The Morgan fingerprint density at radius 3 is 2.62 bits per heavy atom. The van der Waals surface area contributed by atoms with Gasteiger partial charge in [-0.2, -0.15) is 13.2 Å². The second-order valence-electron chi connectivity index (χ2n) is 5.35. The normalized spacial score (nSPS) is 21.1. The van der Waals surface area contributed by atoms with Crippen LogP contribution in [0.3, 0.4) is 0 Å². The van der Waals surface area contributed by atoms with Crippen molar-refractivity contribution >= 4 is 5.91 Å². The molecule has 0 aromatic heterocycles. The number of amides is 1. The summed E-state index contributed by atoms with van der Waals surface area (Å²) < 4.78 is 39.7. The molecule has 2 rings (SSSR count). The molecule has 1 aromatic rings. The Morgan fingerprint density at radius 1 is 1.38 bits per heavy atom. The van der Waals surface area contributed by atoms with Crippen LogP contribution in [-0.2, 0) is 4.79 Å². The van der Waals surface area contributed by atoms with Gasteiger partial charge in [0.1, 0.15) is 0 Å². The topological polar surface area (TPSA) is 32.3 Å². The first-order valence-corrected chi connectivity index (χ1v) is 7.01. The van der Waals surface area contributed by atoms with Gasteiger partial charge in [-0.1, -0.05) is 30.3 Å². The minimum atomic E-state index is -4.42. The predicted molar refractivity (Wildman–Crippen MR) is 73.9 cm³/mol. The zero-order valence-electron chi connectivity index (χ0n) is 11.9. The summed E-state index contributed by atoms with van der Waals surface area (Å²) in [5.74, 6) is -2.18. The molecule has 1 heterocycles. The Kier molecular flexibility index (Phi) is 4.88. The van der Waals surface area contributed by atoms with Crippen LogP contribution in [0, 0.1) is 0 Å². The highest BCUT2D eigenvalue weighted by Crippen LogP contribution is 2.37. The summed E-state index contributed by atoms with van der Waals surface area (Å²) in [5, 5.41) is 3.12. The van der Waals surface area contributed by atoms with Crippen LogP contribution in [0.1, 0.15) is 24.8 Å². The van der Waals surface area contributed by atoms with Gasteiger partial charge in [-0.3, -0.25) is 4.79 Å². The van der Waals surface area contributed by atoms with Gasteiger partial charge in [-0.15, -0.1) is 0 Å². The number of nitrogens with one attached hydrogen (secondary N) is 1. The first-order chi connectivity index (χ1) is 9.89. The van der Waals surface area contributed by atoms with Gasteiger partial charge in [0, 0.05) is 32.1 Å². The lowest BCUT2D eigenvalue weighted by atomic mass is 9.94. The molecule has 1 aliphatic rings. The third-order valence-corrected chi connectivity index (χ3v) is 3.80. The Bertz CT molecular complexity index is 476. The van der Waals surface area contributed by atoms with E-state index in [-0.39, 0.29) is 11.6 Å². The Hall–Kier alpha value is -1.56. The van der Waals surface area contributed by atoms with Gasteiger partial charge in [0.2, 0.25) is 5.91 Å². The van der Waals surface area contributed by atoms with Crippen molar-refractivity contribution < 1.29 is 18.0 Å². The lowest BCUT2D eigenvalue weighted by Crippen LogP contribution is -2.52. The monoisotopic (exact) mass is 300 g/mol. The zero-order chi connectivity index (χ0) is 15.5. The van der Waals surface area contributed by atoms with Gasteiger partial charge in [0.15, 0.2) is 0 Å². The van der Waals surface area contributed by atoms with Crippen molar-refractivity contribution in [2.75, 3.05) is 19.6 Å². The largest absolute Gasteiger partial charge is 0.396 e. The number of carbonyl (C=O) groups excluding carboxylic acids is 1. The molecule has 116 valence electrons. The number of carbonyl (C=O) groups is 1. The Labute approximate surface area is 122 Å². The van der Waals surface area contributed by atoms with Gasteiger partial charge in [-0.25, -0.2) is 0 Å². The van der Waals surface area contributed by atoms with Crippen LogP contribution >= 0.6 is 0 Å². The van der Waals surface area contributed by atoms with Gasteiger partial charge < -0.3 is 10.2 Å². The fourth-order valence-electron chi connectivity index (χ4n) is 2.61. The fourth-order valence-corrected chi connectivity index (χ4v) is 2.61. The number of rotatable bonds is 3. The first kappa shape index (κ1) is 15.8. The van der Waals surface area contributed by atoms with Gasteiger partial charge in [0.05, 0.1) is 5.92 Å². The summed E-state index contributed by atoms with van der Waals surface area (Å²) in [5.41, 5.74) is 0.140. The van der Waals surface area contributed by atoms with Crippen LogP contribution in [0.25, 0.3) is 0 Å². The van der Waals surface area contributed by atoms with Crippen molar-refractivity contribution in [3.05, 3.63) is 35.9 Å². The molecule has 0 saturated carbocycles. The zero-order valence-corrected chi connectivity index (χ0v) is 11.9. The Morgan fingerprint density at radius 2 is 2.05 bits per heavy atom. The number of hydrogen-bond acceptors (Lipinski definition) is 2. The van der Waals surface area contributed by atoms with E-state index < -0.39 is 24.4 Å². The minimum absolute atomic E-state index is 0.0732. The molecule has 1 saturated heterocycles. The van der Waals surface area contributed by atoms with Crippen molar-refractivity contribution in [1.29, 1.82) is 0 Å².